The molecule has 7 nitrogen and oxygen atoms in total. The normalized spacial score (nSPS) is 11.9. The van der Waals surface area contributed by atoms with E-state index < -0.39 is 11.7 Å². The largest absolute Gasteiger partial charge is 0.417 e. The number of alkyl halides is 3. The minimum atomic E-state index is -4.46. The van der Waals surface area contributed by atoms with Gasteiger partial charge in [0.15, 0.2) is 0 Å². The second-order valence-corrected chi connectivity index (χ2v) is 6.42. The van der Waals surface area contributed by atoms with Crippen LogP contribution in [0.15, 0.2) is 47.5 Å². The van der Waals surface area contributed by atoms with Crippen molar-refractivity contribution in [2.45, 2.75) is 12.7 Å². The van der Waals surface area contributed by atoms with E-state index in [4.69, 9.17) is 5.73 Å². The maximum absolute atomic E-state index is 12.8. The number of aromatic nitrogens is 5. The van der Waals surface area contributed by atoms with Gasteiger partial charge in [-0.2, -0.15) is 23.4 Å². The summed E-state index contributed by atoms with van der Waals surface area (Å²) >= 11 is 0. The molecule has 0 saturated carbocycles. The van der Waals surface area contributed by atoms with Gasteiger partial charge in [-0.15, -0.1) is 0 Å². The maximum atomic E-state index is 12.8. The molecular formula is C19H15F3N6O. The fraction of sp³-hybridized carbons (Fsp3) is 0.158. The summed E-state index contributed by atoms with van der Waals surface area (Å²) in [6, 6.07) is 7.45. The lowest BCUT2D eigenvalue weighted by Gasteiger charge is -2.10. The van der Waals surface area contributed by atoms with E-state index in [0.717, 1.165) is 12.3 Å². The number of aromatic amines is 1. The Morgan fingerprint density at radius 2 is 1.93 bits per heavy atom. The van der Waals surface area contributed by atoms with Gasteiger partial charge in [0.25, 0.3) is 5.56 Å². The number of pyridine rings is 1. The number of rotatable bonds is 3. The molecule has 4 rings (SSSR count). The minimum absolute atomic E-state index is 0.136. The summed E-state index contributed by atoms with van der Waals surface area (Å²) < 4.78 is 40.0. The standard InChI is InChI=1S/C19H15F3N6O/c1-28-17(15-5-3-11(8-24-15)19(20,21)22)14(9-25-28)10-2-4-12-13(6-10)16(7-23)26-27-18(12)29/h2-6,8-9H,7,23H2,1H3,(H,27,29). The van der Waals surface area contributed by atoms with Gasteiger partial charge < -0.3 is 5.73 Å². The molecule has 0 spiro atoms. The van der Waals surface area contributed by atoms with Crippen LogP contribution in [0.2, 0.25) is 0 Å². The summed E-state index contributed by atoms with van der Waals surface area (Å²) in [5.41, 5.74) is 7.35. The summed E-state index contributed by atoms with van der Waals surface area (Å²) in [5.74, 6) is 0. The molecule has 0 atom stereocenters. The lowest BCUT2D eigenvalue weighted by molar-refractivity contribution is -0.137. The lowest BCUT2D eigenvalue weighted by atomic mass is 10.00. The molecule has 0 aliphatic rings. The van der Waals surface area contributed by atoms with Crippen LogP contribution in [0.1, 0.15) is 11.3 Å². The van der Waals surface area contributed by atoms with Crippen molar-refractivity contribution in [2.24, 2.45) is 12.8 Å². The average Bonchev–Trinajstić information content (AvgIpc) is 3.09. The number of nitrogens with zero attached hydrogens (tertiary/aromatic N) is 4. The fourth-order valence-corrected chi connectivity index (χ4v) is 3.20. The molecule has 3 heterocycles. The summed E-state index contributed by atoms with van der Waals surface area (Å²) in [5, 5.41) is 11.7. The van der Waals surface area contributed by atoms with Crippen LogP contribution in [0.25, 0.3) is 33.3 Å². The van der Waals surface area contributed by atoms with Gasteiger partial charge in [0.05, 0.1) is 34.2 Å². The Kier molecular flexibility index (Phi) is 4.42. The van der Waals surface area contributed by atoms with Crippen molar-refractivity contribution in [3.8, 4) is 22.5 Å². The Morgan fingerprint density at radius 1 is 1.14 bits per heavy atom. The van der Waals surface area contributed by atoms with Crippen molar-refractivity contribution in [3.63, 3.8) is 0 Å². The summed E-state index contributed by atoms with van der Waals surface area (Å²) in [4.78, 5) is 16.0. The predicted octanol–water partition coefficient (Wildman–Crippen LogP) is 2.86. The van der Waals surface area contributed by atoms with Crippen LogP contribution in [-0.4, -0.2) is 25.0 Å². The first-order chi connectivity index (χ1) is 13.8. The number of hydrogen-bond donors (Lipinski definition) is 2. The van der Waals surface area contributed by atoms with E-state index in [1.54, 1.807) is 31.4 Å². The van der Waals surface area contributed by atoms with Gasteiger partial charge in [0.1, 0.15) is 0 Å². The first-order valence-corrected chi connectivity index (χ1v) is 8.57. The molecule has 0 radical (unpaired) electrons. The highest BCUT2D eigenvalue weighted by atomic mass is 19.4. The first-order valence-electron chi connectivity index (χ1n) is 8.57. The number of benzene rings is 1. The Morgan fingerprint density at radius 3 is 2.59 bits per heavy atom. The van der Waals surface area contributed by atoms with E-state index in [-0.39, 0.29) is 12.1 Å². The van der Waals surface area contributed by atoms with Crippen LogP contribution in [0.3, 0.4) is 0 Å². The SMILES string of the molecule is Cn1ncc(-c2ccc3c(=O)[nH]nc(CN)c3c2)c1-c1ccc(C(F)(F)F)cn1. The quantitative estimate of drug-likeness (QED) is 0.551. The van der Waals surface area contributed by atoms with Crippen molar-refractivity contribution in [3.05, 3.63) is 64.3 Å². The molecule has 0 amide bonds. The molecule has 148 valence electrons. The Balaban J connectivity index is 1.87. The summed E-state index contributed by atoms with van der Waals surface area (Å²) in [7, 11) is 1.68. The number of H-pyrrole nitrogens is 1. The lowest BCUT2D eigenvalue weighted by Crippen LogP contribution is -2.13. The first kappa shape index (κ1) is 18.8. The molecule has 0 saturated heterocycles. The van der Waals surface area contributed by atoms with E-state index in [2.05, 4.69) is 20.3 Å². The van der Waals surface area contributed by atoms with Crippen molar-refractivity contribution >= 4 is 10.8 Å². The molecule has 29 heavy (non-hydrogen) atoms. The van der Waals surface area contributed by atoms with E-state index >= 15 is 0 Å². The molecule has 0 fully saturated rings. The van der Waals surface area contributed by atoms with Crippen molar-refractivity contribution < 1.29 is 13.2 Å². The minimum Gasteiger partial charge on any atom is -0.325 e. The van der Waals surface area contributed by atoms with Gasteiger partial charge >= 0.3 is 6.18 Å². The summed E-state index contributed by atoms with van der Waals surface area (Å²) in [6.07, 6.45) is -2.07. The Hall–Kier alpha value is -3.53. The number of halogens is 3. The molecule has 0 aliphatic heterocycles. The van der Waals surface area contributed by atoms with Crippen LogP contribution in [0.5, 0.6) is 0 Å². The zero-order chi connectivity index (χ0) is 20.8. The molecule has 3 N–H and O–H groups in total. The third-order valence-corrected chi connectivity index (χ3v) is 4.64. The average molecular weight is 400 g/mol. The molecule has 4 aromatic rings. The van der Waals surface area contributed by atoms with Gasteiger partial charge in [-0.25, -0.2) is 5.10 Å². The monoisotopic (exact) mass is 400 g/mol. The maximum Gasteiger partial charge on any atom is 0.417 e. The van der Waals surface area contributed by atoms with Gasteiger partial charge in [0, 0.05) is 30.7 Å². The van der Waals surface area contributed by atoms with Gasteiger partial charge in [-0.1, -0.05) is 6.07 Å². The highest BCUT2D eigenvalue weighted by Crippen LogP contribution is 2.34. The van der Waals surface area contributed by atoms with E-state index in [9.17, 15) is 18.0 Å². The van der Waals surface area contributed by atoms with Crippen molar-refractivity contribution in [2.75, 3.05) is 0 Å². The number of aryl methyl sites for hydroxylation is 1. The molecular weight excluding hydrogens is 385 g/mol. The van der Waals surface area contributed by atoms with Gasteiger partial charge in [-0.05, 0) is 29.8 Å². The highest BCUT2D eigenvalue weighted by molar-refractivity contribution is 5.90. The Labute approximate surface area is 162 Å². The van der Waals surface area contributed by atoms with Gasteiger partial charge in [-0.3, -0.25) is 14.5 Å². The fourth-order valence-electron chi connectivity index (χ4n) is 3.20. The summed E-state index contributed by atoms with van der Waals surface area (Å²) in [6.45, 7) is 0.136. The van der Waals surface area contributed by atoms with Gasteiger partial charge in [0.2, 0.25) is 0 Å². The van der Waals surface area contributed by atoms with Crippen LogP contribution >= 0.6 is 0 Å². The number of fused-ring (bicyclic) bond motifs is 1. The predicted molar refractivity (Wildman–Crippen MR) is 101 cm³/mol. The Bertz CT molecular complexity index is 1260. The van der Waals surface area contributed by atoms with Crippen molar-refractivity contribution in [1.29, 1.82) is 0 Å². The van der Waals surface area contributed by atoms with Crippen LogP contribution in [-0.2, 0) is 19.8 Å². The third kappa shape index (κ3) is 3.27. The highest BCUT2D eigenvalue weighted by Gasteiger charge is 2.31. The zero-order valence-electron chi connectivity index (χ0n) is 15.2. The van der Waals surface area contributed by atoms with Crippen LogP contribution < -0.4 is 11.3 Å². The van der Waals surface area contributed by atoms with Crippen LogP contribution in [0, 0.1) is 0 Å². The third-order valence-electron chi connectivity index (χ3n) is 4.64. The molecule has 3 aromatic heterocycles. The number of nitrogens with two attached hydrogens (primary N) is 1. The topological polar surface area (TPSA) is 102 Å². The smallest absolute Gasteiger partial charge is 0.325 e. The van der Waals surface area contributed by atoms with E-state index in [1.165, 1.54) is 10.7 Å². The second-order valence-electron chi connectivity index (χ2n) is 6.42. The zero-order valence-corrected chi connectivity index (χ0v) is 15.2. The van der Waals surface area contributed by atoms with E-state index in [1.807, 2.05) is 0 Å². The molecule has 0 bridgehead atoms. The number of hydrogen-bond acceptors (Lipinski definition) is 5. The molecule has 0 unspecified atom stereocenters. The number of nitrogens with one attached hydrogen (secondary N) is 1. The second kappa shape index (κ2) is 6.82. The van der Waals surface area contributed by atoms with E-state index in [0.29, 0.717) is 39.0 Å². The van der Waals surface area contributed by atoms with Crippen LogP contribution in [0.4, 0.5) is 13.2 Å². The van der Waals surface area contributed by atoms with Crippen molar-refractivity contribution in [1.82, 2.24) is 25.0 Å². The molecule has 0 aliphatic carbocycles. The molecule has 10 heteroatoms. The molecule has 1 aromatic carbocycles.